The monoisotopic (exact) mass is 359 g/mol. The Hall–Kier alpha value is -2.18. The van der Waals surface area contributed by atoms with Gasteiger partial charge in [0.15, 0.2) is 0 Å². The van der Waals surface area contributed by atoms with E-state index in [9.17, 15) is 9.59 Å². The van der Waals surface area contributed by atoms with Gasteiger partial charge in [0.25, 0.3) is 5.91 Å². The van der Waals surface area contributed by atoms with E-state index in [1.807, 2.05) is 30.3 Å². The van der Waals surface area contributed by atoms with Crippen molar-refractivity contribution in [3.63, 3.8) is 0 Å². The molecule has 2 aromatic rings. The van der Waals surface area contributed by atoms with E-state index in [-0.39, 0.29) is 18.5 Å². The molecule has 132 valence electrons. The maximum atomic E-state index is 12.3. The average Bonchev–Trinajstić information content (AvgIpc) is 3.16. The second kappa shape index (κ2) is 8.27. The molecule has 0 bridgehead atoms. The number of fused-ring (bicyclic) bond motifs is 1. The van der Waals surface area contributed by atoms with Crippen LogP contribution in [0.4, 0.5) is 5.00 Å². The highest BCUT2D eigenvalue weighted by molar-refractivity contribution is 7.17. The first-order valence-corrected chi connectivity index (χ1v) is 9.24. The quantitative estimate of drug-likeness (QED) is 0.768. The number of anilines is 1. The number of amides is 1. The van der Waals surface area contributed by atoms with Gasteiger partial charge in [-0.25, -0.2) is 4.79 Å². The third kappa shape index (κ3) is 4.27. The standard InChI is InChI=1S/C19H21NO4S/c1-2-24-19(22)17-14-9-6-10-15(14)25-18(17)20-16(21)12-23-11-13-7-4-3-5-8-13/h3-5,7-8H,2,6,9-12H2,1H3,(H,20,21). The van der Waals surface area contributed by atoms with Crippen molar-refractivity contribution in [1.29, 1.82) is 0 Å². The Morgan fingerprint density at radius 2 is 2.00 bits per heavy atom. The van der Waals surface area contributed by atoms with E-state index in [2.05, 4.69) is 5.32 Å². The fourth-order valence-electron chi connectivity index (χ4n) is 2.91. The number of rotatable bonds is 7. The molecule has 0 atom stereocenters. The van der Waals surface area contributed by atoms with Gasteiger partial charge in [-0.05, 0) is 37.3 Å². The first-order valence-electron chi connectivity index (χ1n) is 8.42. The molecule has 0 fully saturated rings. The SMILES string of the molecule is CCOC(=O)c1c(NC(=O)COCc2ccccc2)sc2c1CCC2. The molecule has 1 amide bonds. The van der Waals surface area contributed by atoms with Crippen molar-refractivity contribution >= 4 is 28.2 Å². The van der Waals surface area contributed by atoms with Gasteiger partial charge in [-0.3, -0.25) is 4.79 Å². The Kier molecular flexibility index (Phi) is 5.83. The lowest BCUT2D eigenvalue weighted by Crippen LogP contribution is -2.19. The normalized spacial score (nSPS) is 12.7. The highest BCUT2D eigenvalue weighted by Crippen LogP contribution is 2.39. The van der Waals surface area contributed by atoms with E-state index in [0.717, 1.165) is 30.4 Å². The maximum absolute atomic E-state index is 12.3. The molecule has 5 nitrogen and oxygen atoms in total. The minimum Gasteiger partial charge on any atom is -0.462 e. The van der Waals surface area contributed by atoms with Crippen LogP contribution < -0.4 is 5.32 Å². The van der Waals surface area contributed by atoms with Crippen LogP contribution in [0, 0.1) is 0 Å². The van der Waals surface area contributed by atoms with Crippen LogP contribution in [0.3, 0.4) is 0 Å². The summed E-state index contributed by atoms with van der Waals surface area (Å²) >= 11 is 1.47. The van der Waals surface area contributed by atoms with Gasteiger partial charge in [-0.15, -0.1) is 11.3 Å². The maximum Gasteiger partial charge on any atom is 0.341 e. The van der Waals surface area contributed by atoms with E-state index in [1.54, 1.807) is 6.92 Å². The molecule has 3 rings (SSSR count). The van der Waals surface area contributed by atoms with Gasteiger partial charge in [0.05, 0.1) is 18.8 Å². The fraction of sp³-hybridized carbons (Fsp3) is 0.368. The highest BCUT2D eigenvalue weighted by atomic mass is 32.1. The second-order valence-corrected chi connectivity index (χ2v) is 6.91. The van der Waals surface area contributed by atoms with Crippen molar-refractivity contribution < 1.29 is 19.1 Å². The molecule has 1 aliphatic rings. The van der Waals surface area contributed by atoms with Crippen molar-refractivity contribution in [3.8, 4) is 0 Å². The second-order valence-electron chi connectivity index (χ2n) is 5.81. The summed E-state index contributed by atoms with van der Waals surface area (Å²) in [7, 11) is 0. The molecule has 0 unspecified atom stereocenters. The zero-order valence-electron chi connectivity index (χ0n) is 14.2. The Morgan fingerprint density at radius 3 is 2.76 bits per heavy atom. The molecule has 1 heterocycles. The number of hydrogen-bond acceptors (Lipinski definition) is 5. The molecule has 1 aromatic heterocycles. The molecule has 25 heavy (non-hydrogen) atoms. The van der Waals surface area contributed by atoms with Crippen molar-refractivity contribution in [1.82, 2.24) is 0 Å². The van der Waals surface area contributed by atoms with Crippen molar-refractivity contribution in [3.05, 3.63) is 51.9 Å². The van der Waals surface area contributed by atoms with E-state index < -0.39 is 0 Å². The number of hydrogen-bond donors (Lipinski definition) is 1. The van der Waals surface area contributed by atoms with Crippen LogP contribution in [-0.4, -0.2) is 25.1 Å². The number of aryl methyl sites for hydroxylation is 1. The van der Waals surface area contributed by atoms with Crippen LogP contribution in [0.25, 0.3) is 0 Å². The molecule has 1 aromatic carbocycles. The molecule has 0 saturated heterocycles. The van der Waals surface area contributed by atoms with E-state index in [0.29, 0.717) is 23.8 Å². The summed E-state index contributed by atoms with van der Waals surface area (Å²) in [5, 5.41) is 3.40. The summed E-state index contributed by atoms with van der Waals surface area (Å²) in [5.41, 5.74) is 2.57. The lowest BCUT2D eigenvalue weighted by Gasteiger charge is -2.08. The van der Waals surface area contributed by atoms with Gasteiger partial charge in [-0.2, -0.15) is 0 Å². The van der Waals surface area contributed by atoms with E-state index >= 15 is 0 Å². The van der Waals surface area contributed by atoms with Gasteiger partial charge in [0, 0.05) is 4.88 Å². The Labute approximate surface area is 151 Å². The van der Waals surface area contributed by atoms with Crippen molar-refractivity contribution in [2.45, 2.75) is 32.8 Å². The average molecular weight is 359 g/mol. The fourth-order valence-corrected chi connectivity index (χ4v) is 4.20. The van der Waals surface area contributed by atoms with Gasteiger partial charge in [0.1, 0.15) is 11.6 Å². The molecule has 1 N–H and O–H groups in total. The summed E-state index contributed by atoms with van der Waals surface area (Å²) < 4.78 is 10.6. The Bertz CT molecular complexity index is 754. The van der Waals surface area contributed by atoms with Gasteiger partial charge in [0.2, 0.25) is 0 Å². The summed E-state index contributed by atoms with van der Waals surface area (Å²) in [6, 6.07) is 9.68. The first kappa shape index (κ1) is 17.6. The summed E-state index contributed by atoms with van der Waals surface area (Å²) in [6.45, 7) is 2.41. The van der Waals surface area contributed by atoms with Crippen molar-refractivity contribution in [2.75, 3.05) is 18.5 Å². The first-order chi connectivity index (χ1) is 12.2. The summed E-state index contributed by atoms with van der Waals surface area (Å²) in [4.78, 5) is 25.6. The van der Waals surface area contributed by atoms with Gasteiger partial charge >= 0.3 is 5.97 Å². The Balaban J connectivity index is 1.62. The largest absolute Gasteiger partial charge is 0.462 e. The topological polar surface area (TPSA) is 64.6 Å². The number of carbonyl (C=O) groups excluding carboxylic acids is 2. The van der Waals surface area contributed by atoms with Gasteiger partial charge < -0.3 is 14.8 Å². The third-order valence-corrected chi connectivity index (χ3v) is 5.21. The van der Waals surface area contributed by atoms with Crippen LogP contribution in [0.5, 0.6) is 0 Å². The van der Waals surface area contributed by atoms with Crippen LogP contribution in [0.1, 0.15) is 39.7 Å². The Morgan fingerprint density at radius 1 is 1.20 bits per heavy atom. The zero-order valence-corrected chi connectivity index (χ0v) is 15.0. The smallest absolute Gasteiger partial charge is 0.341 e. The molecular formula is C19H21NO4S. The highest BCUT2D eigenvalue weighted by Gasteiger charge is 2.28. The zero-order chi connectivity index (χ0) is 17.6. The van der Waals surface area contributed by atoms with Crippen LogP contribution in [-0.2, 0) is 33.7 Å². The number of thiophene rings is 1. The van der Waals surface area contributed by atoms with Crippen molar-refractivity contribution in [2.24, 2.45) is 0 Å². The third-order valence-electron chi connectivity index (χ3n) is 4.00. The lowest BCUT2D eigenvalue weighted by molar-refractivity contribution is -0.120. The molecule has 0 radical (unpaired) electrons. The number of esters is 1. The predicted octanol–water partition coefficient (Wildman–Crippen LogP) is 3.57. The molecule has 6 heteroatoms. The van der Waals surface area contributed by atoms with Gasteiger partial charge in [-0.1, -0.05) is 30.3 Å². The van der Waals surface area contributed by atoms with E-state index in [4.69, 9.17) is 9.47 Å². The molecule has 0 saturated carbocycles. The summed E-state index contributed by atoms with van der Waals surface area (Å²) in [5.74, 6) is -0.621. The molecule has 0 aliphatic heterocycles. The van der Waals surface area contributed by atoms with Crippen LogP contribution in [0.2, 0.25) is 0 Å². The number of benzene rings is 1. The summed E-state index contributed by atoms with van der Waals surface area (Å²) in [6.07, 6.45) is 2.86. The van der Waals surface area contributed by atoms with Crippen LogP contribution >= 0.6 is 11.3 Å². The van der Waals surface area contributed by atoms with Crippen LogP contribution in [0.15, 0.2) is 30.3 Å². The van der Waals surface area contributed by atoms with E-state index in [1.165, 1.54) is 16.2 Å². The molecule has 1 aliphatic carbocycles. The minimum absolute atomic E-state index is 0.0558. The minimum atomic E-state index is -0.359. The number of nitrogens with one attached hydrogen (secondary N) is 1. The number of ether oxygens (including phenoxy) is 2. The predicted molar refractivity (Wildman–Crippen MR) is 97.0 cm³/mol. The number of carbonyl (C=O) groups is 2. The lowest BCUT2D eigenvalue weighted by atomic mass is 10.1. The molecular weight excluding hydrogens is 338 g/mol. The molecule has 0 spiro atoms.